The second-order valence-corrected chi connectivity index (χ2v) is 4.50. The van der Waals surface area contributed by atoms with Crippen LogP contribution in [0.3, 0.4) is 0 Å². The number of nitrogens with zero attached hydrogens (tertiary/aromatic N) is 3. The maximum absolute atomic E-state index is 10.8. The second kappa shape index (κ2) is 4.21. The highest BCUT2D eigenvalue weighted by atomic mass is 16.4. The van der Waals surface area contributed by atoms with E-state index in [-0.39, 0.29) is 18.2 Å². The van der Waals surface area contributed by atoms with E-state index in [1.807, 2.05) is 13.8 Å². The number of aromatic nitrogens is 3. The summed E-state index contributed by atoms with van der Waals surface area (Å²) in [6, 6.07) is 0. The summed E-state index contributed by atoms with van der Waals surface area (Å²) < 4.78 is 1.42. The van der Waals surface area contributed by atoms with Gasteiger partial charge < -0.3 is 10.2 Å². The Morgan fingerprint density at radius 1 is 1.56 bits per heavy atom. The Morgan fingerprint density at radius 2 is 2.12 bits per heavy atom. The number of rotatable bonds is 4. The Labute approximate surface area is 93.9 Å². The van der Waals surface area contributed by atoms with E-state index in [0.29, 0.717) is 5.69 Å². The third kappa shape index (κ3) is 2.38. The molecule has 0 aliphatic heterocycles. The molecule has 0 bridgehead atoms. The van der Waals surface area contributed by atoms with Crippen LogP contribution in [0.1, 0.15) is 37.0 Å². The Morgan fingerprint density at radius 3 is 2.50 bits per heavy atom. The number of aromatic carboxylic acids is 1. The molecule has 1 aromatic rings. The minimum atomic E-state index is -1.10. The summed E-state index contributed by atoms with van der Waals surface area (Å²) in [6.07, 6.45) is 0. The molecule has 0 saturated carbocycles. The molecule has 0 radical (unpaired) electrons. The standard InChI is InChI=1S/C10H17N3O3/c1-6(2)10(4,16)5-13-7(3)8(9(14)15)11-12-13/h6,16H,5H2,1-4H3,(H,14,15). The molecule has 1 rings (SSSR count). The molecule has 1 atom stereocenters. The van der Waals surface area contributed by atoms with Crippen molar-refractivity contribution in [2.75, 3.05) is 0 Å². The smallest absolute Gasteiger partial charge is 0.358 e. The van der Waals surface area contributed by atoms with Crippen LogP contribution in [0.5, 0.6) is 0 Å². The Balaban J connectivity index is 2.95. The van der Waals surface area contributed by atoms with Crippen molar-refractivity contribution in [3.05, 3.63) is 11.4 Å². The number of carboxylic acid groups (broad SMARTS) is 1. The van der Waals surface area contributed by atoms with Gasteiger partial charge >= 0.3 is 5.97 Å². The van der Waals surface area contributed by atoms with Gasteiger partial charge in [-0.25, -0.2) is 9.48 Å². The summed E-state index contributed by atoms with van der Waals surface area (Å²) >= 11 is 0. The molecule has 6 heteroatoms. The minimum absolute atomic E-state index is 0.0457. The van der Waals surface area contributed by atoms with Gasteiger partial charge in [0.25, 0.3) is 0 Å². The molecule has 0 spiro atoms. The third-order valence-electron chi connectivity index (χ3n) is 2.90. The highest BCUT2D eigenvalue weighted by Gasteiger charge is 2.27. The van der Waals surface area contributed by atoms with Crippen molar-refractivity contribution in [2.45, 2.75) is 39.8 Å². The minimum Gasteiger partial charge on any atom is -0.476 e. The first-order valence-corrected chi connectivity index (χ1v) is 5.11. The second-order valence-electron chi connectivity index (χ2n) is 4.50. The Hall–Kier alpha value is -1.43. The van der Waals surface area contributed by atoms with Crippen LogP contribution in [-0.2, 0) is 6.54 Å². The predicted molar refractivity (Wildman–Crippen MR) is 57.2 cm³/mol. The van der Waals surface area contributed by atoms with Gasteiger partial charge in [-0.15, -0.1) is 5.10 Å². The zero-order chi connectivity index (χ0) is 12.5. The summed E-state index contributed by atoms with van der Waals surface area (Å²) in [4.78, 5) is 10.8. The number of carboxylic acids is 1. The van der Waals surface area contributed by atoms with Crippen LogP contribution in [0.25, 0.3) is 0 Å². The van der Waals surface area contributed by atoms with Crippen molar-refractivity contribution in [1.29, 1.82) is 0 Å². The van der Waals surface area contributed by atoms with Crippen LogP contribution >= 0.6 is 0 Å². The lowest BCUT2D eigenvalue weighted by Gasteiger charge is -2.27. The molecular weight excluding hydrogens is 210 g/mol. The molecule has 1 heterocycles. The van der Waals surface area contributed by atoms with E-state index >= 15 is 0 Å². The van der Waals surface area contributed by atoms with Crippen LogP contribution in [0, 0.1) is 12.8 Å². The van der Waals surface area contributed by atoms with Gasteiger partial charge in [0.1, 0.15) is 0 Å². The van der Waals surface area contributed by atoms with Crippen molar-refractivity contribution in [1.82, 2.24) is 15.0 Å². The van der Waals surface area contributed by atoms with Crippen LogP contribution < -0.4 is 0 Å². The number of carbonyl (C=O) groups is 1. The summed E-state index contributed by atoms with van der Waals surface area (Å²) in [5, 5.41) is 26.2. The quantitative estimate of drug-likeness (QED) is 0.790. The molecule has 1 unspecified atom stereocenters. The number of hydrogen-bond donors (Lipinski definition) is 2. The molecule has 90 valence electrons. The van der Waals surface area contributed by atoms with E-state index in [0.717, 1.165) is 0 Å². The zero-order valence-electron chi connectivity index (χ0n) is 9.93. The van der Waals surface area contributed by atoms with Gasteiger partial charge in [-0.05, 0) is 19.8 Å². The summed E-state index contributed by atoms with van der Waals surface area (Å²) in [6.45, 7) is 7.34. The molecule has 0 saturated heterocycles. The Bertz CT molecular complexity index is 396. The fourth-order valence-corrected chi connectivity index (χ4v) is 1.19. The van der Waals surface area contributed by atoms with E-state index in [4.69, 9.17) is 5.11 Å². The van der Waals surface area contributed by atoms with Gasteiger partial charge in [-0.1, -0.05) is 19.1 Å². The average Bonchev–Trinajstić information content (AvgIpc) is 2.47. The highest BCUT2D eigenvalue weighted by molar-refractivity contribution is 5.86. The zero-order valence-corrected chi connectivity index (χ0v) is 9.93. The van der Waals surface area contributed by atoms with E-state index < -0.39 is 11.6 Å². The van der Waals surface area contributed by atoms with Crippen molar-refractivity contribution in [3.8, 4) is 0 Å². The van der Waals surface area contributed by atoms with Gasteiger partial charge in [0.2, 0.25) is 0 Å². The number of aliphatic hydroxyl groups is 1. The van der Waals surface area contributed by atoms with Crippen molar-refractivity contribution >= 4 is 5.97 Å². The topological polar surface area (TPSA) is 88.2 Å². The predicted octanol–water partition coefficient (Wildman–Crippen LogP) is 0.692. The molecule has 0 fully saturated rings. The van der Waals surface area contributed by atoms with E-state index in [2.05, 4.69) is 10.3 Å². The maximum Gasteiger partial charge on any atom is 0.358 e. The van der Waals surface area contributed by atoms with Gasteiger partial charge in [0.15, 0.2) is 5.69 Å². The van der Waals surface area contributed by atoms with Crippen molar-refractivity contribution in [3.63, 3.8) is 0 Å². The molecule has 0 amide bonds. The SMILES string of the molecule is Cc1c(C(=O)O)nnn1CC(C)(O)C(C)C. The molecule has 16 heavy (non-hydrogen) atoms. The lowest BCUT2D eigenvalue weighted by Crippen LogP contribution is -2.36. The first-order chi connectivity index (χ1) is 7.25. The highest BCUT2D eigenvalue weighted by Crippen LogP contribution is 2.19. The van der Waals surface area contributed by atoms with Crippen LogP contribution in [0.2, 0.25) is 0 Å². The summed E-state index contributed by atoms with van der Waals surface area (Å²) in [5.74, 6) is -1.06. The van der Waals surface area contributed by atoms with E-state index in [9.17, 15) is 9.90 Å². The molecule has 1 aromatic heterocycles. The van der Waals surface area contributed by atoms with E-state index in [1.165, 1.54) is 4.68 Å². The average molecular weight is 227 g/mol. The molecule has 2 N–H and O–H groups in total. The lowest BCUT2D eigenvalue weighted by atomic mass is 9.92. The first kappa shape index (κ1) is 12.6. The number of hydrogen-bond acceptors (Lipinski definition) is 4. The monoisotopic (exact) mass is 227 g/mol. The van der Waals surface area contributed by atoms with Crippen LogP contribution in [0.4, 0.5) is 0 Å². The molecule has 0 aliphatic rings. The lowest BCUT2D eigenvalue weighted by molar-refractivity contribution is -0.00664. The van der Waals surface area contributed by atoms with Crippen LogP contribution in [0.15, 0.2) is 0 Å². The molecule has 6 nitrogen and oxygen atoms in total. The summed E-state index contributed by atoms with van der Waals surface area (Å²) in [7, 11) is 0. The fraction of sp³-hybridized carbons (Fsp3) is 0.700. The van der Waals surface area contributed by atoms with Crippen LogP contribution in [-0.4, -0.2) is 36.8 Å². The van der Waals surface area contributed by atoms with Gasteiger partial charge in [0, 0.05) is 0 Å². The van der Waals surface area contributed by atoms with Gasteiger partial charge in [0.05, 0.1) is 17.8 Å². The van der Waals surface area contributed by atoms with Gasteiger partial charge in [-0.2, -0.15) is 0 Å². The first-order valence-electron chi connectivity index (χ1n) is 5.11. The van der Waals surface area contributed by atoms with Crippen molar-refractivity contribution < 1.29 is 15.0 Å². The van der Waals surface area contributed by atoms with Crippen molar-refractivity contribution in [2.24, 2.45) is 5.92 Å². The van der Waals surface area contributed by atoms with Gasteiger partial charge in [-0.3, -0.25) is 0 Å². The molecule has 0 aliphatic carbocycles. The molecule has 0 aromatic carbocycles. The van der Waals surface area contributed by atoms with E-state index in [1.54, 1.807) is 13.8 Å². The molecular formula is C10H17N3O3. The maximum atomic E-state index is 10.8. The summed E-state index contributed by atoms with van der Waals surface area (Å²) in [5.41, 5.74) is -0.554. The fourth-order valence-electron chi connectivity index (χ4n) is 1.19. The Kier molecular flexibility index (Phi) is 3.32. The normalized spacial score (nSPS) is 15.1. The largest absolute Gasteiger partial charge is 0.476 e. The third-order valence-corrected chi connectivity index (χ3v) is 2.90.